The Kier molecular flexibility index (Phi) is 8.65. The highest BCUT2D eigenvalue weighted by Crippen LogP contribution is 2.33. The molecule has 1 aliphatic heterocycles. The second-order valence-corrected chi connectivity index (χ2v) is 9.42. The Labute approximate surface area is 234 Å². The second kappa shape index (κ2) is 12.1. The first-order chi connectivity index (χ1) is 18.3. The van der Waals surface area contributed by atoms with Gasteiger partial charge in [-0.3, -0.25) is 14.5 Å². The predicted molar refractivity (Wildman–Crippen MR) is 151 cm³/mol. The minimum atomic E-state index is -0.531. The van der Waals surface area contributed by atoms with Crippen molar-refractivity contribution in [2.75, 3.05) is 32.8 Å². The minimum absolute atomic E-state index is 0.165. The van der Waals surface area contributed by atoms with Crippen molar-refractivity contribution in [1.82, 2.24) is 4.90 Å². The number of esters is 1. The van der Waals surface area contributed by atoms with Gasteiger partial charge in [-0.15, -0.1) is 0 Å². The van der Waals surface area contributed by atoms with E-state index in [1.165, 1.54) is 16.9 Å². The zero-order chi connectivity index (χ0) is 27.2. The first-order valence-electron chi connectivity index (χ1n) is 11.5. The molecule has 0 spiro atoms. The fourth-order valence-corrected chi connectivity index (χ4v) is 4.39. The van der Waals surface area contributed by atoms with Gasteiger partial charge in [0.05, 0.1) is 27.0 Å². The molecule has 0 aliphatic carbocycles. The Morgan fingerprint density at radius 2 is 1.66 bits per heavy atom. The van der Waals surface area contributed by atoms with Gasteiger partial charge in [0.25, 0.3) is 5.91 Å². The largest absolute Gasteiger partial charge is 0.497 e. The summed E-state index contributed by atoms with van der Waals surface area (Å²) in [6, 6.07) is 20.1. The van der Waals surface area contributed by atoms with Gasteiger partial charge in [0.15, 0.2) is 16.6 Å². The number of benzene rings is 3. The fourth-order valence-electron chi connectivity index (χ4n) is 3.78. The summed E-state index contributed by atoms with van der Waals surface area (Å²) in [7, 11) is 4.39. The summed E-state index contributed by atoms with van der Waals surface area (Å²) >= 11 is 9.03. The van der Waals surface area contributed by atoms with Gasteiger partial charge in [-0.25, -0.2) is 0 Å². The summed E-state index contributed by atoms with van der Waals surface area (Å²) in [6.45, 7) is 0.144. The molecule has 196 valence electrons. The Bertz CT molecular complexity index is 1380. The number of thiocarbonyl (C=S) groups is 1. The van der Waals surface area contributed by atoms with Crippen molar-refractivity contribution in [2.45, 2.75) is 6.61 Å². The van der Waals surface area contributed by atoms with Crippen molar-refractivity contribution in [1.29, 1.82) is 0 Å². The van der Waals surface area contributed by atoms with E-state index in [1.807, 2.05) is 24.3 Å². The molecule has 0 atom stereocenters. The van der Waals surface area contributed by atoms with Gasteiger partial charge in [0.2, 0.25) is 0 Å². The molecule has 3 aromatic rings. The number of carbonyl (C=O) groups excluding carboxylic acids is 2. The average Bonchev–Trinajstić information content (AvgIpc) is 3.16. The van der Waals surface area contributed by atoms with E-state index in [4.69, 9.17) is 31.2 Å². The smallest absolute Gasteiger partial charge is 0.325 e. The quantitative estimate of drug-likeness (QED) is 0.190. The number of carbonyl (C=O) groups is 2. The third-order valence-electron chi connectivity index (χ3n) is 5.78. The van der Waals surface area contributed by atoms with E-state index in [-0.39, 0.29) is 23.3 Å². The Morgan fingerprint density at radius 1 is 0.947 bits per heavy atom. The Hall–Kier alpha value is -3.89. The van der Waals surface area contributed by atoms with E-state index in [2.05, 4.69) is 15.9 Å². The monoisotopic (exact) mass is 596 g/mol. The van der Waals surface area contributed by atoms with Crippen LogP contribution in [0.2, 0.25) is 0 Å². The van der Waals surface area contributed by atoms with Gasteiger partial charge in [0, 0.05) is 4.47 Å². The van der Waals surface area contributed by atoms with E-state index in [0.717, 1.165) is 10.0 Å². The van der Waals surface area contributed by atoms with Crippen LogP contribution in [0.5, 0.6) is 17.2 Å². The number of rotatable bonds is 9. The Balaban J connectivity index is 1.63. The summed E-state index contributed by atoms with van der Waals surface area (Å²) in [5.74, 6) is 0.784. The fraction of sp³-hybridized carbons (Fsp3) is 0.179. The van der Waals surface area contributed by atoms with Crippen LogP contribution < -0.4 is 19.1 Å². The lowest BCUT2D eigenvalue weighted by Crippen LogP contribution is -2.35. The molecule has 10 heteroatoms. The molecular formula is C28H25BrN2O6S. The standard InChI is InChI=1S/C28H25BrN2O6S/c1-34-22-11-9-21(10-12-22)31-27(33)23(30(28(31)38)16-26(32)36-3)14-19-6-13-24(25(15-19)35-2)37-17-18-4-7-20(29)8-5-18/h4-15H,16-17H2,1-3H3/b23-14-. The molecule has 1 saturated heterocycles. The van der Waals surface area contributed by atoms with Crippen LogP contribution in [0.4, 0.5) is 5.69 Å². The average molecular weight is 597 g/mol. The molecule has 0 N–H and O–H groups in total. The Morgan fingerprint density at radius 3 is 2.29 bits per heavy atom. The van der Waals surface area contributed by atoms with Crippen LogP contribution in [0.1, 0.15) is 11.1 Å². The summed E-state index contributed by atoms with van der Waals surface area (Å²) < 4.78 is 22.5. The van der Waals surface area contributed by atoms with Crippen LogP contribution in [0.25, 0.3) is 6.08 Å². The summed E-state index contributed by atoms with van der Waals surface area (Å²) in [4.78, 5) is 28.5. The number of amides is 1. The number of methoxy groups -OCH3 is 3. The van der Waals surface area contributed by atoms with Crippen molar-refractivity contribution >= 4 is 56.9 Å². The topological polar surface area (TPSA) is 77.5 Å². The predicted octanol–water partition coefficient (Wildman–Crippen LogP) is 5.19. The summed E-state index contributed by atoms with van der Waals surface area (Å²) in [5.41, 5.74) is 2.44. The highest BCUT2D eigenvalue weighted by molar-refractivity contribution is 9.10. The van der Waals surface area contributed by atoms with Crippen molar-refractivity contribution in [2.24, 2.45) is 0 Å². The highest BCUT2D eigenvalue weighted by Gasteiger charge is 2.40. The van der Waals surface area contributed by atoms with Crippen LogP contribution in [-0.4, -0.2) is 49.8 Å². The third-order valence-corrected chi connectivity index (χ3v) is 6.71. The second-order valence-electron chi connectivity index (χ2n) is 8.14. The molecule has 38 heavy (non-hydrogen) atoms. The molecule has 0 bridgehead atoms. The van der Waals surface area contributed by atoms with Crippen molar-refractivity contribution in [3.63, 3.8) is 0 Å². The zero-order valence-electron chi connectivity index (χ0n) is 21.0. The van der Waals surface area contributed by atoms with Gasteiger partial charge in [0.1, 0.15) is 24.6 Å². The van der Waals surface area contributed by atoms with Gasteiger partial charge in [-0.1, -0.05) is 34.1 Å². The van der Waals surface area contributed by atoms with Gasteiger partial charge >= 0.3 is 5.97 Å². The van der Waals surface area contributed by atoms with Gasteiger partial charge in [-0.2, -0.15) is 0 Å². The van der Waals surface area contributed by atoms with E-state index in [0.29, 0.717) is 35.1 Å². The first-order valence-corrected chi connectivity index (χ1v) is 12.7. The van der Waals surface area contributed by atoms with Crippen LogP contribution in [0.15, 0.2) is 76.9 Å². The minimum Gasteiger partial charge on any atom is -0.497 e. The molecule has 1 fully saturated rings. The van der Waals surface area contributed by atoms with Crippen LogP contribution in [-0.2, 0) is 20.9 Å². The maximum Gasteiger partial charge on any atom is 0.325 e. The lowest BCUT2D eigenvalue weighted by molar-refractivity contribution is -0.140. The van der Waals surface area contributed by atoms with E-state index in [1.54, 1.807) is 62.8 Å². The van der Waals surface area contributed by atoms with E-state index >= 15 is 0 Å². The number of nitrogens with zero attached hydrogens (tertiary/aromatic N) is 2. The van der Waals surface area contributed by atoms with Crippen LogP contribution in [0, 0.1) is 0 Å². The van der Waals surface area contributed by atoms with Crippen molar-refractivity contribution < 1.29 is 28.5 Å². The number of halogens is 1. The normalized spacial score (nSPS) is 14.2. The molecule has 1 amide bonds. The molecule has 0 saturated carbocycles. The maximum atomic E-state index is 13.5. The number of hydrogen-bond acceptors (Lipinski definition) is 7. The lowest BCUT2D eigenvalue weighted by atomic mass is 10.1. The third kappa shape index (κ3) is 5.98. The van der Waals surface area contributed by atoms with Gasteiger partial charge < -0.3 is 23.8 Å². The van der Waals surface area contributed by atoms with Crippen molar-refractivity contribution in [3.05, 3.63) is 88.0 Å². The maximum absolute atomic E-state index is 13.5. The molecule has 3 aromatic carbocycles. The summed E-state index contributed by atoms with van der Waals surface area (Å²) in [6.07, 6.45) is 1.65. The highest BCUT2D eigenvalue weighted by atomic mass is 79.9. The van der Waals surface area contributed by atoms with Crippen LogP contribution >= 0.6 is 28.1 Å². The molecule has 0 radical (unpaired) electrons. The van der Waals surface area contributed by atoms with E-state index < -0.39 is 5.97 Å². The summed E-state index contributed by atoms with van der Waals surface area (Å²) in [5, 5.41) is 0.165. The number of hydrogen-bond donors (Lipinski definition) is 0. The number of anilines is 1. The molecule has 8 nitrogen and oxygen atoms in total. The molecule has 4 rings (SSSR count). The van der Waals surface area contributed by atoms with Crippen LogP contribution in [0.3, 0.4) is 0 Å². The van der Waals surface area contributed by atoms with Gasteiger partial charge in [-0.05, 0) is 78.0 Å². The molecule has 0 aromatic heterocycles. The SMILES string of the molecule is COC(=O)CN1C(=S)N(c2ccc(OC)cc2)C(=O)/C1=C/c1ccc(OCc2ccc(Br)cc2)c(OC)c1. The number of ether oxygens (including phenoxy) is 4. The molecule has 1 aliphatic rings. The zero-order valence-corrected chi connectivity index (χ0v) is 23.4. The van der Waals surface area contributed by atoms with E-state index in [9.17, 15) is 9.59 Å². The molecule has 1 heterocycles. The van der Waals surface area contributed by atoms with Crippen molar-refractivity contribution in [3.8, 4) is 17.2 Å². The first kappa shape index (κ1) is 27.2. The molecular weight excluding hydrogens is 572 g/mol. The lowest BCUT2D eigenvalue weighted by Gasteiger charge is -2.19. The molecule has 0 unspecified atom stereocenters.